The number of para-hydroxylation sites is 1. The Morgan fingerprint density at radius 2 is 2.07 bits per heavy atom. The third-order valence-corrected chi connectivity index (χ3v) is 6.39. The van der Waals surface area contributed by atoms with Crippen molar-refractivity contribution in [2.45, 2.75) is 58.0 Å². The van der Waals surface area contributed by atoms with Crippen LogP contribution in [0.2, 0.25) is 0 Å². The Bertz CT molecular complexity index is 1220. The highest BCUT2D eigenvalue weighted by Gasteiger charge is 2.42. The SMILES string of the molecule is CCCCNc1nc2c(-c3cc4c([nH]3)[C@@H](C)NC4=O)cccc2c(=O)n1C1(C)CC1. The number of rotatable bonds is 6. The average Bonchev–Trinajstić information content (AvgIpc) is 3.20. The van der Waals surface area contributed by atoms with E-state index in [0.717, 1.165) is 49.2 Å². The fraction of sp³-hybridized carbons (Fsp3) is 0.435. The van der Waals surface area contributed by atoms with Gasteiger partial charge in [-0.3, -0.25) is 14.2 Å². The number of aromatic amines is 1. The number of nitrogens with one attached hydrogen (secondary N) is 3. The van der Waals surface area contributed by atoms with E-state index in [0.29, 0.717) is 22.4 Å². The van der Waals surface area contributed by atoms with Gasteiger partial charge in [0.15, 0.2) is 0 Å². The zero-order valence-corrected chi connectivity index (χ0v) is 17.6. The molecule has 0 radical (unpaired) electrons. The van der Waals surface area contributed by atoms with Gasteiger partial charge in [0.25, 0.3) is 11.5 Å². The third-order valence-electron chi connectivity index (χ3n) is 6.39. The van der Waals surface area contributed by atoms with Gasteiger partial charge in [-0.1, -0.05) is 25.5 Å². The first kappa shape index (κ1) is 18.9. The number of nitrogens with zero attached hydrogens (tertiary/aromatic N) is 2. The molecular weight excluding hydrogens is 378 g/mol. The largest absolute Gasteiger partial charge is 0.356 e. The third kappa shape index (κ3) is 2.83. The molecule has 0 saturated heterocycles. The Hall–Kier alpha value is -3.09. The van der Waals surface area contributed by atoms with Crippen molar-refractivity contribution >= 4 is 22.8 Å². The van der Waals surface area contributed by atoms with Crippen LogP contribution in [0.5, 0.6) is 0 Å². The molecule has 2 aromatic heterocycles. The molecule has 30 heavy (non-hydrogen) atoms. The summed E-state index contributed by atoms with van der Waals surface area (Å²) in [6.45, 7) is 6.99. The summed E-state index contributed by atoms with van der Waals surface area (Å²) in [6, 6.07) is 7.50. The van der Waals surface area contributed by atoms with Crippen LogP contribution in [0.4, 0.5) is 5.95 Å². The Morgan fingerprint density at radius 1 is 1.27 bits per heavy atom. The molecule has 7 nitrogen and oxygen atoms in total. The molecule has 0 spiro atoms. The van der Waals surface area contributed by atoms with Gasteiger partial charge < -0.3 is 15.6 Å². The minimum absolute atomic E-state index is 0.00828. The second-order valence-electron chi connectivity index (χ2n) is 8.76. The number of fused-ring (bicyclic) bond motifs is 2. The number of amides is 1. The van der Waals surface area contributed by atoms with Crippen molar-refractivity contribution in [1.29, 1.82) is 0 Å². The van der Waals surface area contributed by atoms with Gasteiger partial charge in [0.05, 0.1) is 28.2 Å². The van der Waals surface area contributed by atoms with E-state index in [2.05, 4.69) is 29.5 Å². The molecule has 3 heterocycles. The van der Waals surface area contributed by atoms with Gasteiger partial charge in [-0.15, -0.1) is 0 Å². The predicted molar refractivity (Wildman–Crippen MR) is 118 cm³/mol. The van der Waals surface area contributed by atoms with Crippen molar-refractivity contribution in [3.8, 4) is 11.3 Å². The van der Waals surface area contributed by atoms with Crippen LogP contribution < -0.4 is 16.2 Å². The number of hydrogen-bond donors (Lipinski definition) is 3. The molecule has 1 fully saturated rings. The van der Waals surface area contributed by atoms with Gasteiger partial charge in [0, 0.05) is 23.3 Å². The number of unbranched alkanes of at least 4 members (excludes halogenated alkanes) is 1. The molecule has 5 rings (SSSR count). The number of aromatic nitrogens is 3. The molecule has 1 aliphatic heterocycles. The van der Waals surface area contributed by atoms with E-state index >= 15 is 0 Å². The highest BCUT2D eigenvalue weighted by atomic mass is 16.2. The molecule has 1 aliphatic carbocycles. The van der Waals surface area contributed by atoms with Gasteiger partial charge in [0.1, 0.15) is 0 Å². The van der Waals surface area contributed by atoms with Crippen LogP contribution in [0.3, 0.4) is 0 Å². The summed E-state index contributed by atoms with van der Waals surface area (Å²) in [5.74, 6) is 0.567. The van der Waals surface area contributed by atoms with Crippen molar-refractivity contribution in [3.63, 3.8) is 0 Å². The number of H-pyrrole nitrogens is 1. The van der Waals surface area contributed by atoms with E-state index in [1.54, 1.807) is 0 Å². The average molecular weight is 406 g/mol. The van der Waals surface area contributed by atoms with Crippen LogP contribution in [0.1, 0.15) is 68.5 Å². The minimum atomic E-state index is -0.163. The maximum absolute atomic E-state index is 13.5. The van der Waals surface area contributed by atoms with Crippen molar-refractivity contribution in [2.24, 2.45) is 0 Å². The van der Waals surface area contributed by atoms with E-state index < -0.39 is 0 Å². The topological polar surface area (TPSA) is 91.8 Å². The quantitative estimate of drug-likeness (QED) is 0.542. The summed E-state index contributed by atoms with van der Waals surface area (Å²) in [5.41, 5.74) is 3.69. The molecule has 1 aromatic carbocycles. The summed E-state index contributed by atoms with van der Waals surface area (Å²) in [7, 11) is 0. The molecule has 3 N–H and O–H groups in total. The molecule has 1 amide bonds. The first-order valence-corrected chi connectivity index (χ1v) is 10.8. The summed E-state index contributed by atoms with van der Waals surface area (Å²) in [6.07, 6.45) is 4.06. The second kappa shape index (κ2) is 6.72. The van der Waals surface area contributed by atoms with E-state index in [1.165, 1.54) is 0 Å². The molecule has 3 aromatic rings. The maximum atomic E-state index is 13.5. The smallest absolute Gasteiger partial charge is 0.263 e. The lowest BCUT2D eigenvalue weighted by molar-refractivity contribution is 0.0958. The zero-order chi connectivity index (χ0) is 21.0. The minimum Gasteiger partial charge on any atom is -0.356 e. The van der Waals surface area contributed by atoms with Gasteiger partial charge in [0.2, 0.25) is 5.95 Å². The standard InChI is InChI=1S/C23H27N5O2/c1-4-5-11-24-22-27-19-14(17-12-16-18(26-17)13(2)25-20(16)29)7-6-8-15(19)21(30)28(22)23(3)9-10-23/h6-8,12-13,26H,4-5,9-11H2,1-3H3,(H,24,27)(H,25,29)/t13-/m1/s1. The van der Waals surface area contributed by atoms with Gasteiger partial charge >= 0.3 is 0 Å². The van der Waals surface area contributed by atoms with Crippen LogP contribution in [-0.2, 0) is 5.54 Å². The zero-order valence-electron chi connectivity index (χ0n) is 17.6. The van der Waals surface area contributed by atoms with E-state index in [4.69, 9.17) is 4.98 Å². The summed E-state index contributed by atoms with van der Waals surface area (Å²) >= 11 is 0. The van der Waals surface area contributed by atoms with Gasteiger partial charge in [-0.25, -0.2) is 4.98 Å². The first-order chi connectivity index (χ1) is 14.4. The molecule has 1 saturated carbocycles. The maximum Gasteiger partial charge on any atom is 0.263 e. The van der Waals surface area contributed by atoms with Crippen LogP contribution >= 0.6 is 0 Å². The molecule has 0 unspecified atom stereocenters. The van der Waals surface area contributed by atoms with Crippen molar-refractivity contribution < 1.29 is 4.79 Å². The van der Waals surface area contributed by atoms with E-state index in [1.807, 2.05) is 35.8 Å². The number of carbonyl (C=O) groups is 1. The number of carbonyl (C=O) groups excluding carboxylic acids is 1. The van der Waals surface area contributed by atoms with Gasteiger partial charge in [-0.05, 0) is 45.2 Å². The van der Waals surface area contributed by atoms with Crippen molar-refractivity contribution in [2.75, 3.05) is 11.9 Å². The Balaban J connectivity index is 1.70. The number of benzene rings is 1. The van der Waals surface area contributed by atoms with E-state index in [9.17, 15) is 9.59 Å². The van der Waals surface area contributed by atoms with Crippen LogP contribution in [0, 0.1) is 0 Å². The Morgan fingerprint density at radius 3 is 2.77 bits per heavy atom. The first-order valence-electron chi connectivity index (χ1n) is 10.8. The fourth-order valence-corrected chi connectivity index (χ4v) is 4.32. The van der Waals surface area contributed by atoms with Crippen LogP contribution in [0.25, 0.3) is 22.2 Å². The number of hydrogen-bond acceptors (Lipinski definition) is 4. The van der Waals surface area contributed by atoms with E-state index in [-0.39, 0.29) is 23.0 Å². The fourth-order valence-electron chi connectivity index (χ4n) is 4.32. The summed E-state index contributed by atoms with van der Waals surface area (Å²) < 4.78 is 1.85. The summed E-state index contributed by atoms with van der Waals surface area (Å²) in [4.78, 5) is 34.0. The molecular formula is C23H27N5O2. The Labute approximate surface area is 174 Å². The van der Waals surface area contributed by atoms with Gasteiger partial charge in [-0.2, -0.15) is 0 Å². The second-order valence-corrected chi connectivity index (χ2v) is 8.76. The lowest BCUT2D eigenvalue weighted by Crippen LogP contribution is -2.32. The normalized spacial score (nSPS) is 19.0. The lowest BCUT2D eigenvalue weighted by atomic mass is 10.1. The van der Waals surface area contributed by atoms with Crippen molar-refractivity contribution in [1.82, 2.24) is 19.9 Å². The summed E-state index contributed by atoms with van der Waals surface area (Å²) in [5, 5.41) is 6.92. The van der Waals surface area contributed by atoms with Crippen LogP contribution in [0.15, 0.2) is 29.1 Å². The highest BCUT2D eigenvalue weighted by Crippen LogP contribution is 2.44. The van der Waals surface area contributed by atoms with Crippen molar-refractivity contribution in [3.05, 3.63) is 45.9 Å². The van der Waals surface area contributed by atoms with Crippen LogP contribution in [-0.4, -0.2) is 27.0 Å². The molecule has 2 aliphatic rings. The molecule has 1 atom stereocenters. The highest BCUT2D eigenvalue weighted by molar-refractivity contribution is 6.01. The molecule has 7 heteroatoms. The molecule has 156 valence electrons. The lowest BCUT2D eigenvalue weighted by Gasteiger charge is -2.20. The number of anilines is 1. The Kier molecular flexibility index (Phi) is 4.24. The predicted octanol–water partition coefficient (Wildman–Crippen LogP) is 3.92. The monoisotopic (exact) mass is 405 g/mol. The molecule has 0 bridgehead atoms.